The topological polar surface area (TPSA) is 66.4 Å². The van der Waals surface area contributed by atoms with Gasteiger partial charge in [0.15, 0.2) is 0 Å². The van der Waals surface area contributed by atoms with Crippen LogP contribution in [0.25, 0.3) is 22.2 Å². The van der Waals surface area contributed by atoms with Crippen LogP contribution in [0.1, 0.15) is 24.1 Å². The summed E-state index contributed by atoms with van der Waals surface area (Å²) in [5.41, 5.74) is 6.07. The maximum Gasteiger partial charge on any atom is 0.251 e. The molecule has 1 unspecified atom stereocenters. The number of hydrogen-bond acceptors (Lipinski definition) is 5. The van der Waals surface area contributed by atoms with Crippen LogP contribution in [0.4, 0.5) is 5.69 Å². The SMILES string of the molecule is Cc1cccc([C@@H](CN(C)C)n2ccc(-c3c[nH]c4ncc(N5CCOC(C)C5)cc34)cc2=O)c1. The van der Waals surface area contributed by atoms with Gasteiger partial charge >= 0.3 is 0 Å². The van der Waals surface area contributed by atoms with Crippen molar-refractivity contribution in [3.05, 3.63) is 82.5 Å². The first-order valence-corrected chi connectivity index (χ1v) is 12.2. The number of aromatic nitrogens is 3. The molecule has 2 atom stereocenters. The third-order valence-corrected chi connectivity index (χ3v) is 6.68. The molecule has 1 N–H and O–H groups in total. The number of fused-ring (bicyclic) bond motifs is 1. The van der Waals surface area contributed by atoms with Crippen LogP contribution >= 0.6 is 0 Å². The van der Waals surface area contributed by atoms with Crippen LogP contribution < -0.4 is 10.5 Å². The highest BCUT2D eigenvalue weighted by atomic mass is 16.5. The van der Waals surface area contributed by atoms with Gasteiger partial charge < -0.3 is 24.1 Å². The zero-order valence-electron chi connectivity index (χ0n) is 20.9. The van der Waals surface area contributed by atoms with Gasteiger partial charge in [0, 0.05) is 49.0 Å². The Morgan fingerprint density at radius 1 is 1.23 bits per heavy atom. The molecule has 0 radical (unpaired) electrons. The van der Waals surface area contributed by atoms with Gasteiger partial charge in [0.1, 0.15) is 5.65 Å². The van der Waals surface area contributed by atoms with Crippen molar-refractivity contribution < 1.29 is 4.74 Å². The Bertz CT molecular complexity index is 1390. The first-order chi connectivity index (χ1) is 16.9. The molecule has 0 saturated carbocycles. The number of rotatable bonds is 6. The summed E-state index contributed by atoms with van der Waals surface area (Å²) in [6.07, 6.45) is 5.97. The smallest absolute Gasteiger partial charge is 0.251 e. The number of morpholine rings is 1. The van der Waals surface area contributed by atoms with Crippen molar-refractivity contribution in [2.24, 2.45) is 0 Å². The van der Waals surface area contributed by atoms with Gasteiger partial charge in [0.05, 0.1) is 30.6 Å². The lowest BCUT2D eigenvalue weighted by molar-refractivity contribution is 0.0532. The molecule has 0 amide bonds. The highest BCUT2D eigenvalue weighted by Crippen LogP contribution is 2.31. The summed E-state index contributed by atoms with van der Waals surface area (Å²) in [7, 11) is 4.07. The predicted octanol–water partition coefficient (Wildman–Crippen LogP) is 4.08. The number of nitrogens with zero attached hydrogens (tertiary/aromatic N) is 4. The van der Waals surface area contributed by atoms with Crippen molar-refractivity contribution in [2.75, 3.05) is 45.2 Å². The average Bonchev–Trinajstić information content (AvgIpc) is 3.26. The van der Waals surface area contributed by atoms with Crippen LogP contribution in [0.15, 0.2) is 65.8 Å². The van der Waals surface area contributed by atoms with E-state index in [0.29, 0.717) is 6.61 Å². The molecule has 1 aliphatic heterocycles. The van der Waals surface area contributed by atoms with Gasteiger partial charge in [-0.3, -0.25) is 4.79 Å². The zero-order valence-corrected chi connectivity index (χ0v) is 20.9. The minimum Gasteiger partial charge on any atom is -0.375 e. The number of anilines is 1. The van der Waals surface area contributed by atoms with Crippen LogP contribution in [0.2, 0.25) is 0 Å². The van der Waals surface area contributed by atoms with Crippen LogP contribution in [-0.2, 0) is 4.74 Å². The van der Waals surface area contributed by atoms with E-state index >= 15 is 0 Å². The lowest BCUT2D eigenvalue weighted by Crippen LogP contribution is -2.41. The fourth-order valence-corrected chi connectivity index (χ4v) is 4.95. The van der Waals surface area contributed by atoms with E-state index < -0.39 is 0 Å². The molecule has 1 saturated heterocycles. The van der Waals surface area contributed by atoms with Crippen LogP contribution in [0.5, 0.6) is 0 Å². The molecule has 4 heterocycles. The average molecular weight is 472 g/mol. The molecule has 4 aromatic rings. The maximum atomic E-state index is 13.4. The van der Waals surface area contributed by atoms with Crippen molar-refractivity contribution in [1.82, 2.24) is 19.4 Å². The van der Waals surface area contributed by atoms with Gasteiger partial charge in [-0.2, -0.15) is 0 Å². The second kappa shape index (κ2) is 9.68. The highest BCUT2D eigenvalue weighted by Gasteiger charge is 2.20. The Kier molecular flexibility index (Phi) is 6.45. The Balaban J connectivity index is 1.51. The zero-order chi connectivity index (χ0) is 24.5. The minimum atomic E-state index is -0.0639. The molecule has 3 aromatic heterocycles. The number of H-pyrrole nitrogens is 1. The van der Waals surface area contributed by atoms with Gasteiger partial charge in [0.25, 0.3) is 5.56 Å². The lowest BCUT2D eigenvalue weighted by atomic mass is 10.0. The number of ether oxygens (including phenoxy) is 1. The van der Waals surface area contributed by atoms with Gasteiger partial charge in [-0.1, -0.05) is 29.8 Å². The third kappa shape index (κ3) is 4.88. The predicted molar refractivity (Wildman–Crippen MR) is 141 cm³/mol. The Labute approximate surface area is 206 Å². The van der Waals surface area contributed by atoms with Crippen molar-refractivity contribution in [1.29, 1.82) is 0 Å². The first kappa shape index (κ1) is 23.3. The monoisotopic (exact) mass is 471 g/mol. The van der Waals surface area contributed by atoms with E-state index in [0.717, 1.165) is 53.0 Å². The molecule has 1 aliphatic rings. The minimum absolute atomic E-state index is 0.0173. The van der Waals surface area contributed by atoms with Crippen LogP contribution in [-0.4, -0.2) is 65.9 Å². The number of likely N-dealkylation sites (N-methyl/N-ethyl adjacent to an activating group) is 1. The van der Waals surface area contributed by atoms with Crippen molar-refractivity contribution in [2.45, 2.75) is 26.0 Å². The molecule has 1 fully saturated rings. The molecule has 182 valence electrons. The first-order valence-electron chi connectivity index (χ1n) is 12.2. The molecule has 0 aliphatic carbocycles. The summed E-state index contributed by atoms with van der Waals surface area (Å²) < 4.78 is 7.53. The highest BCUT2D eigenvalue weighted by molar-refractivity contribution is 5.95. The van der Waals surface area contributed by atoms with Gasteiger partial charge in [-0.05, 0) is 51.2 Å². The number of benzene rings is 1. The van der Waals surface area contributed by atoms with E-state index in [2.05, 4.69) is 63.9 Å². The molecule has 35 heavy (non-hydrogen) atoms. The van der Waals surface area contributed by atoms with E-state index in [1.165, 1.54) is 5.56 Å². The van der Waals surface area contributed by atoms with Crippen LogP contribution in [0.3, 0.4) is 0 Å². The Hall–Kier alpha value is -3.42. The molecule has 0 spiro atoms. The largest absolute Gasteiger partial charge is 0.375 e. The summed E-state index contributed by atoms with van der Waals surface area (Å²) in [4.78, 5) is 25.7. The van der Waals surface area contributed by atoms with E-state index in [1.807, 2.05) is 43.3 Å². The summed E-state index contributed by atoms with van der Waals surface area (Å²) >= 11 is 0. The summed E-state index contributed by atoms with van der Waals surface area (Å²) in [6, 6.07) is 14.3. The maximum absolute atomic E-state index is 13.4. The normalized spacial score (nSPS) is 17.3. The van der Waals surface area contributed by atoms with E-state index in [4.69, 9.17) is 4.74 Å². The fraction of sp³-hybridized carbons (Fsp3) is 0.357. The molecule has 5 rings (SSSR count). The molecule has 0 bridgehead atoms. The Morgan fingerprint density at radius 3 is 2.83 bits per heavy atom. The lowest BCUT2D eigenvalue weighted by Gasteiger charge is -2.32. The molecular weight excluding hydrogens is 438 g/mol. The number of aryl methyl sites for hydroxylation is 1. The standard InChI is InChI=1S/C28H33N5O2/c1-19-6-5-7-22(12-19)26(18-31(3)4)33-9-8-21(13-27(33)34)25-16-30-28-24(25)14-23(15-29-28)32-10-11-35-20(2)17-32/h5-9,12-16,20,26H,10-11,17-18H2,1-4H3,(H,29,30)/t20?,26-/m1/s1. The number of aromatic amines is 1. The number of hydrogen-bond donors (Lipinski definition) is 1. The van der Waals surface area contributed by atoms with Gasteiger partial charge in [-0.15, -0.1) is 0 Å². The number of pyridine rings is 2. The molecule has 7 heteroatoms. The van der Waals surface area contributed by atoms with Gasteiger partial charge in [-0.25, -0.2) is 4.98 Å². The summed E-state index contributed by atoms with van der Waals surface area (Å²) in [5.74, 6) is 0. The van der Waals surface area contributed by atoms with Gasteiger partial charge in [0.2, 0.25) is 0 Å². The second-order valence-corrected chi connectivity index (χ2v) is 9.77. The summed E-state index contributed by atoms with van der Waals surface area (Å²) in [5, 5.41) is 1.02. The van der Waals surface area contributed by atoms with Crippen molar-refractivity contribution in [3.8, 4) is 11.1 Å². The fourth-order valence-electron chi connectivity index (χ4n) is 4.95. The Morgan fingerprint density at radius 2 is 2.09 bits per heavy atom. The molecule has 1 aromatic carbocycles. The van der Waals surface area contributed by atoms with E-state index in [-0.39, 0.29) is 17.7 Å². The third-order valence-electron chi connectivity index (χ3n) is 6.68. The second-order valence-electron chi connectivity index (χ2n) is 9.77. The van der Waals surface area contributed by atoms with Crippen molar-refractivity contribution in [3.63, 3.8) is 0 Å². The molecule has 7 nitrogen and oxygen atoms in total. The van der Waals surface area contributed by atoms with E-state index in [9.17, 15) is 4.79 Å². The van der Waals surface area contributed by atoms with Crippen LogP contribution in [0, 0.1) is 6.92 Å². The molecular formula is C28H33N5O2. The quantitative estimate of drug-likeness (QED) is 0.459. The van der Waals surface area contributed by atoms with Crippen molar-refractivity contribution >= 4 is 16.7 Å². The summed E-state index contributed by atoms with van der Waals surface area (Å²) in [6.45, 7) is 7.32. The van der Waals surface area contributed by atoms with E-state index in [1.54, 1.807) is 6.07 Å². The number of nitrogens with one attached hydrogen (secondary N) is 1.